The molecule has 0 heterocycles. The Balaban J connectivity index is 3.16. The van der Waals surface area contributed by atoms with Crippen molar-refractivity contribution in [3.8, 4) is 5.75 Å². The maximum absolute atomic E-state index is 11.5. The molecule has 19 heavy (non-hydrogen) atoms. The molecule has 1 unspecified atom stereocenters. The Labute approximate surface area is 124 Å². The fraction of sp³-hybridized carbons (Fsp3) is 0.364. The van der Waals surface area contributed by atoms with E-state index in [4.69, 9.17) is 21.2 Å². The van der Waals surface area contributed by atoms with E-state index in [0.717, 1.165) is 0 Å². The molecule has 1 rings (SSSR count). The van der Waals surface area contributed by atoms with E-state index in [0.29, 0.717) is 10.0 Å². The van der Waals surface area contributed by atoms with Crippen molar-refractivity contribution in [3.05, 3.63) is 22.2 Å². The van der Waals surface area contributed by atoms with Crippen LogP contribution in [-0.2, 0) is 13.8 Å². The van der Waals surface area contributed by atoms with Crippen LogP contribution in [0, 0.1) is 12.8 Å². The Morgan fingerprint density at radius 1 is 1.53 bits per heavy atom. The number of hydrogen-bond donors (Lipinski definition) is 1. The van der Waals surface area contributed by atoms with Crippen LogP contribution in [0.1, 0.15) is 12.5 Å². The molecule has 0 aliphatic carbocycles. The average molecular weight is 371 g/mol. The van der Waals surface area contributed by atoms with E-state index in [9.17, 15) is 13.2 Å². The maximum atomic E-state index is 11.5. The first-order valence-corrected chi connectivity index (χ1v) is 8.40. The Bertz CT molecular complexity index is 603. The summed E-state index contributed by atoms with van der Waals surface area (Å²) >= 11 is 3.19. The van der Waals surface area contributed by atoms with E-state index >= 15 is 0 Å². The monoisotopic (exact) mass is 369 g/mol. The number of ether oxygens (including phenoxy) is 1. The third-order valence-electron chi connectivity index (χ3n) is 2.43. The van der Waals surface area contributed by atoms with Gasteiger partial charge in [0, 0.05) is 15.2 Å². The summed E-state index contributed by atoms with van der Waals surface area (Å²) in [5.74, 6) is -0.926. The van der Waals surface area contributed by atoms with Crippen LogP contribution < -0.4 is 10.5 Å². The van der Waals surface area contributed by atoms with Crippen LogP contribution in [0.15, 0.2) is 21.5 Å². The van der Waals surface area contributed by atoms with Gasteiger partial charge in [0.2, 0.25) is 5.91 Å². The zero-order valence-electron chi connectivity index (χ0n) is 10.3. The molecule has 0 spiro atoms. The lowest BCUT2D eigenvalue weighted by Gasteiger charge is -2.15. The highest BCUT2D eigenvalue weighted by Crippen LogP contribution is 2.33. The van der Waals surface area contributed by atoms with Gasteiger partial charge in [-0.1, -0.05) is 22.9 Å². The van der Waals surface area contributed by atoms with Gasteiger partial charge in [0.25, 0.3) is 9.05 Å². The summed E-state index contributed by atoms with van der Waals surface area (Å²) in [6.45, 7) is 3.25. The zero-order valence-corrected chi connectivity index (χ0v) is 13.5. The minimum atomic E-state index is -3.95. The Morgan fingerprint density at radius 3 is 2.58 bits per heavy atom. The fourth-order valence-corrected chi connectivity index (χ4v) is 3.13. The highest BCUT2D eigenvalue weighted by Gasteiger charge is 2.21. The first-order valence-electron chi connectivity index (χ1n) is 5.30. The number of halogens is 2. The standard InChI is InChI=1S/C11H13BrClNO4S/c1-6-3-8(12)4-9(19(13,16)17)10(6)18-5-7(2)11(14)15/h3-4,7H,5H2,1-2H3,(H2,14,15). The van der Waals surface area contributed by atoms with E-state index in [1.54, 1.807) is 19.9 Å². The van der Waals surface area contributed by atoms with Crippen LogP contribution in [0.5, 0.6) is 5.75 Å². The quantitative estimate of drug-likeness (QED) is 0.805. The Kier molecular flexibility index (Phi) is 5.23. The van der Waals surface area contributed by atoms with Gasteiger partial charge >= 0.3 is 0 Å². The number of benzene rings is 1. The fourth-order valence-electron chi connectivity index (χ4n) is 1.36. The molecule has 1 amide bonds. The summed E-state index contributed by atoms with van der Waals surface area (Å²) in [7, 11) is 1.42. The summed E-state index contributed by atoms with van der Waals surface area (Å²) in [5.41, 5.74) is 5.70. The van der Waals surface area contributed by atoms with Crippen molar-refractivity contribution < 1.29 is 17.9 Å². The van der Waals surface area contributed by atoms with Gasteiger partial charge in [0.15, 0.2) is 0 Å². The minimum Gasteiger partial charge on any atom is -0.491 e. The topological polar surface area (TPSA) is 86.5 Å². The Hall–Kier alpha value is -0.790. The van der Waals surface area contributed by atoms with Gasteiger partial charge in [0.1, 0.15) is 10.6 Å². The summed E-state index contributed by atoms with van der Waals surface area (Å²) in [5, 5.41) is 0. The van der Waals surface area contributed by atoms with Crippen LogP contribution >= 0.6 is 26.6 Å². The van der Waals surface area contributed by atoms with Gasteiger partial charge in [-0.25, -0.2) is 8.42 Å². The maximum Gasteiger partial charge on any atom is 0.265 e. The summed E-state index contributed by atoms with van der Waals surface area (Å²) in [6, 6.07) is 3.04. The molecule has 0 aliphatic rings. The Morgan fingerprint density at radius 2 is 2.11 bits per heavy atom. The predicted molar refractivity (Wildman–Crippen MR) is 75.8 cm³/mol. The molecule has 0 radical (unpaired) electrons. The molecule has 106 valence electrons. The molecule has 0 bridgehead atoms. The molecule has 0 aliphatic heterocycles. The third kappa shape index (κ3) is 4.36. The van der Waals surface area contributed by atoms with E-state index < -0.39 is 20.9 Å². The number of rotatable bonds is 5. The third-order valence-corrected chi connectivity index (χ3v) is 4.22. The average Bonchev–Trinajstić information content (AvgIpc) is 2.25. The van der Waals surface area contributed by atoms with Crippen LogP contribution in [0.25, 0.3) is 0 Å². The van der Waals surface area contributed by atoms with Crippen LogP contribution in [0.4, 0.5) is 0 Å². The normalized spacial score (nSPS) is 13.1. The molecule has 0 aromatic heterocycles. The number of aryl methyl sites for hydroxylation is 1. The SMILES string of the molecule is Cc1cc(Br)cc(S(=O)(=O)Cl)c1OCC(C)C(N)=O. The van der Waals surface area contributed by atoms with Gasteiger partial charge < -0.3 is 10.5 Å². The number of carbonyl (C=O) groups is 1. The van der Waals surface area contributed by atoms with Gasteiger partial charge in [-0.3, -0.25) is 4.79 Å². The molecule has 5 nitrogen and oxygen atoms in total. The number of nitrogens with two attached hydrogens (primary N) is 1. The number of hydrogen-bond acceptors (Lipinski definition) is 4. The summed E-state index contributed by atoms with van der Waals surface area (Å²) in [6.07, 6.45) is 0. The second-order valence-electron chi connectivity index (χ2n) is 4.10. The molecule has 0 saturated heterocycles. The molecule has 1 aromatic carbocycles. The molecule has 1 atom stereocenters. The lowest BCUT2D eigenvalue weighted by Crippen LogP contribution is -2.26. The van der Waals surface area contributed by atoms with E-state index in [-0.39, 0.29) is 17.3 Å². The molecule has 2 N–H and O–H groups in total. The highest BCUT2D eigenvalue weighted by molar-refractivity contribution is 9.10. The molecule has 0 fully saturated rings. The van der Waals surface area contributed by atoms with Crippen molar-refractivity contribution in [1.82, 2.24) is 0 Å². The van der Waals surface area contributed by atoms with Crippen molar-refractivity contribution in [2.45, 2.75) is 18.7 Å². The largest absolute Gasteiger partial charge is 0.491 e. The smallest absolute Gasteiger partial charge is 0.265 e. The van der Waals surface area contributed by atoms with Crippen LogP contribution in [0.3, 0.4) is 0 Å². The zero-order chi connectivity index (χ0) is 14.8. The second-order valence-corrected chi connectivity index (χ2v) is 7.55. The molecular weight excluding hydrogens is 358 g/mol. The number of primary amides is 1. The molecule has 1 aromatic rings. The first kappa shape index (κ1) is 16.3. The summed E-state index contributed by atoms with van der Waals surface area (Å²) in [4.78, 5) is 10.8. The number of amides is 1. The van der Waals surface area contributed by atoms with E-state index in [1.807, 2.05) is 0 Å². The summed E-state index contributed by atoms with van der Waals surface area (Å²) < 4.78 is 29.0. The first-order chi connectivity index (χ1) is 8.62. The van der Waals surface area contributed by atoms with Crippen molar-refractivity contribution in [2.24, 2.45) is 11.7 Å². The highest BCUT2D eigenvalue weighted by atomic mass is 79.9. The lowest BCUT2D eigenvalue weighted by atomic mass is 10.2. The van der Waals surface area contributed by atoms with Crippen molar-refractivity contribution in [1.29, 1.82) is 0 Å². The van der Waals surface area contributed by atoms with E-state index in [1.165, 1.54) is 6.07 Å². The number of carbonyl (C=O) groups excluding carboxylic acids is 1. The van der Waals surface area contributed by atoms with Crippen LogP contribution in [0.2, 0.25) is 0 Å². The van der Waals surface area contributed by atoms with Gasteiger partial charge in [0.05, 0.1) is 12.5 Å². The van der Waals surface area contributed by atoms with Crippen LogP contribution in [-0.4, -0.2) is 20.9 Å². The minimum absolute atomic E-state index is 0.0167. The second kappa shape index (κ2) is 6.11. The molecule has 0 saturated carbocycles. The van der Waals surface area contributed by atoms with E-state index in [2.05, 4.69) is 15.9 Å². The van der Waals surface area contributed by atoms with Crippen molar-refractivity contribution in [3.63, 3.8) is 0 Å². The van der Waals surface area contributed by atoms with Crippen molar-refractivity contribution >= 4 is 41.6 Å². The van der Waals surface area contributed by atoms with Crippen molar-refractivity contribution in [2.75, 3.05) is 6.61 Å². The molecule has 8 heteroatoms. The van der Waals surface area contributed by atoms with Gasteiger partial charge in [-0.2, -0.15) is 0 Å². The molecular formula is C11H13BrClNO4S. The van der Waals surface area contributed by atoms with Gasteiger partial charge in [-0.15, -0.1) is 0 Å². The van der Waals surface area contributed by atoms with Gasteiger partial charge in [-0.05, 0) is 24.6 Å². The predicted octanol–water partition coefficient (Wildman–Crippen LogP) is 2.19. The lowest BCUT2D eigenvalue weighted by molar-refractivity contribution is -0.122.